The number of nitrogens with zero attached hydrogens (tertiary/aromatic N) is 2. The average Bonchev–Trinajstić information content (AvgIpc) is 3.46. The summed E-state index contributed by atoms with van der Waals surface area (Å²) in [7, 11) is 0. The molecule has 1 aromatic rings. The smallest absolute Gasteiger partial charge is 0.313 e. The molecule has 0 bridgehead atoms. The lowest BCUT2D eigenvalue weighted by Gasteiger charge is -2.32. The second kappa shape index (κ2) is 9.63. The molecule has 2 fully saturated rings. The molecular formula is C25H32N2O6. The van der Waals surface area contributed by atoms with Gasteiger partial charge < -0.3 is 19.3 Å². The predicted molar refractivity (Wildman–Crippen MR) is 121 cm³/mol. The maximum Gasteiger partial charge on any atom is 0.313 e. The zero-order valence-corrected chi connectivity index (χ0v) is 19.4. The van der Waals surface area contributed by atoms with Crippen molar-refractivity contribution in [3.05, 3.63) is 29.3 Å². The standard InChI is InChI=1S/C25H32N2O6/c1-17(23(30)20-5-6-21-19(15-20)7-10-27(21)18(2)28)33-24(31)25(8-3-4-9-25)16-22(29)26-11-13-32-14-12-26/h5-6,15,17H,3-4,7-14,16H2,1-2H3. The molecule has 2 aliphatic heterocycles. The highest BCUT2D eigenvalue weighted by Crippen LogP contribution is 2.43. The molecule has 4 rings (SSSR count). The molecule has 0 spiro atoms. The molecule has 1 unspecified atom stereocenters. The fourth-order valence-corrected chi connectivity index (χ4v) is 5.17. The molecule has 8 nitrogen and oxygen atoms in total. The van der Waals surface area contributed by atoms with Gasteiger partial charge in [0.2, 0.25) is 17.6 Å². The highest BCUT2D eigenvalue weighted by molar-refractivity contribution is 6.02. The van der Waals surface area contributed by atoms with Crippen molar-refractivity contribution in [2.24, 2.45) is 5.41 Å². The van der Waals surface area contributed by atoms with Gasteiger partial charge >= 0.3 is 5.97 Å². The fourth-order valence-electron chi connectivity index (χ4n) is 5.17. The molecule has 0 aromatic heterocycles. The molecular weight excluding hydrogens is 424 g/mol. The molecule has 1 atom stereocenters. The minimum Gasteiger partial charge on any atom is -0.454 e. The van der Waals surface area contributed by atoms with Crippen molar-refractivity contribution in [3.63, 3.8) is 0 Å². The molecule has 1 aliphatic carbocycles. The third kappa shape index (κ3) is 4.81. The fraction of sp³-hybridized carbons (Fsp3) is 0.600. The first-order valence-corrected chi connectivity index (χ1v) is 11.8. The monoisotopic (exact) mass is 456 g/mol. The Bertz CT molecular complexity index is 946. The van der Waals surface area contributed by atoms with E-state index in [4.69, 9.17) is 9.47 Å². The first-order chi connectivity index (χ1) is 15.8. The zero-order valence-electron chi connectivity index (χ0n) is 19.4. The molecule has 3 aliphatic rings. The van der Waals surface area contributed by atoms with E-state index in [0.717, 1.165) is 24.1 Å². The van der Waals surface area contributed by atoms with Crippen LogP contribution in [0.3, 0.4) is 0 Å². The van der Waals surface area contributed by atoms with E-state index in [9.17, 15) is 19.2 Å². The predicted octanol–water partition coefficient (Wildman–Crippen LogP) is 2.52. The molecule has 33 heavy (non-hydrogen) atoms. The highest BCUT2D eigenvalue weighted by Gasteiger charge is 2.46. The lowest BCUT2D eigenvalue weighted by Crippen LogP contribution is -2.45. The van der Waals surface area contributed by atoms with Gasteiger partial charge in [0.05, 0.1) is 18.6 Å². The number of fused-ring (bicyclic) bond motifs is 1. The number of morpholine rings is 1. The van der Waals surface area contributed by atoms with E-state index in [1.807, 2.05) is 0 Å². The van der Waals surface area contributed by atoms with Gasteiger partial charge in [-0.15, -0.1) is 0 Å². The van der Waals surface area contributed by atoms with Gasteiger partial charge in [0.25, 0.3) is 0 Å². The number of carbonyl (C=O) groups is 4. The second-order valence-corrected chi connectivity index (χ2v) is 9.33. The summed E-state index contributed by atoms with van der Waals surface area (Å²) < 4.78 is 11.0. The van der Waals surface area contributed by atoms with Crippen molar-refractivity contribution in [1.29, 1.82) is 0 Å². The van der Waals surface area contributed by atoms with Gasteiger partial charge in [0.1, 0.15) is 0 Å². The van der Waals surface area contributed by atoms with Crippen LogP contribution >= 0.6 is 0 Å². The van der Waals surface area contributed by atoms with Crippen LogP contribution in [0.1, 0.15) is 61.9 Å². The Labute approximate surface area is 194 Å². The van der Waals surface area contributed by atoms with Gasteiger partial charge in [-0.05, 0) is 49.9 Å². The van der Waals surface area contributed by atoms with E-state index in [-0.39, 0.29) is 24.0 Å². The average molecular weight is 457 g/mol. The van der Waals surface area contributed by atoms with E-state index < -0.39 is 17.5 Å². The number of esters is 1. The molecule has 8 heteroatoms. The molecule has 1 aromatic carbocycles. The Hall–Kier alpha value is -2.74. The van der Waals surface area contributed by atoms with Crippen molar-refractivity contribution in [1.82, 2.24) is 4.90 Å². The summed E-state index contributed by atoms with van der Waals surface area (Å²) in [4.78, 5) is 54.3. The second-order valence-electron chi connectivity index (χ2n) is 9.33. The minimum absolute atomic E-state index is 0.0244. The summed E-state index contributed by atoms with van der Waals surface area (Å²) in [5.74, 6) is -0.806. The summed E-state index contributed by atoms with van der Waals surface area (Å²) >= 11 is 0. The van der Waals surface area contributed by atoms with Crippen LogP contribution in [0.5, 0.6) is 0 Å². The first-order valence-electron chi connectivity index (χ1n) is 11.8. The Morgan fingerprint density at radius 1 is 1.09 bits per heavy atom. The van der Waals surface area contributed by atoms with Crippen LogP contribution in [0.4, 0.5) is 5.69 Å². The lowest BCUT2D eigenvalue weighted by atomic mass is 9.82. The van der Waals surface area contributed by atoms with Crippen molar-refractivity contribution in [2.45, 2.75) is 58.5 Å². The van der Waals surface area contributed by atoms with Crippen molar-refractivity contribution < 1.29 is 28.7 Å². The normalized spacial score (nSPS) is 20.3. The van der Waals surface area contributed by atoms with E-state index in [1.165, 1.54) is 6.92 Å². The molecule has 178 valence electrons. The Morgan fingerprint density at radius 3 is 2.45 bits per heavy atom. The summed E-state index contributed by atoms with van der Waals surface area (Å²) in [6, 6.07) is 5.25. The number of hydrogen-bond acceptors (Lipinski definition) is 6. The van der Waals surface area contributed by atoms with Crippen LogP contribution in [0.15, 0.2) is 18.2 Å². The quantitative estimate of drug-likeness (QED) is 0.482. The first kappa shape index (κ1) is 23.4. The maximum absolute atomic E-state index is 13.2. The van der Waals surface area contributed by atoms with E-state index in [1.54, 1.807) is 34.9 Å². The highest BCUT2D eigenvalue weighted by atomic mass is 16.5. The number of hydrogen-bond donors (Lipinski definition) is 0. The van der Waals surface area contributed by atoms with Crippen LogP contribution in [-0.2, 0) is 30.3 Å². The summed E-state index contributed by atoms with van der Waals surface area (Å²) in [6.45, 7) is 5.82. The van der Waals surface area contributed by atoms with Gasteiger partial charge in [-0.1, -0.05) is 12.8 Å². The molecule has 2 amide bonds. The van der Waals surface area contributed by atoms with Crippen molar-refractivity contribution in [3.8, 4) is 0 Å². The number of Topliss-reactive ketones (excluding diaryl/α,β-unsaturated/α-hetero) is 1. The van der Waals surface area contributed by atoms with Gasteiger partial charge in [-0.2, -0.15) is 0 Å². The van der Waals surface area contributed by atoms with Crippen LogP contribution in [0, 0.1) is 5.41 Å². The Kier molecular flexibility index (Phi) is 6.83. The third-order valence-electron chi connectivity index (χ3n) is 7.14. The topological polar surface area (TPSA) is 93.2 Å². The van der Waals surface area contributed by atoms with E-state index >= 15 is 0 Å². The molecule has 1 saturated carbocycles. The third-order valence-corrected chi connectivity index (χ3v) is 7.14. The number of carbonyl (C=O) groups excluding carboxylic acids is 4. The van der Waals surface area contributed by atoms with Gasteiger partial charge in [-0.25, -0.2) is 0 Å². The number of ketones is 1. The van der Waals surface area contributed by atoms with Crippen molar-refractivity contribution in [2.75, 3.05) is 37.7 Å². The maximum atomic E-state index is 13.2. The number of anilines is 1. The number of ether oxygens (including phenoxy) is 2. The van der Waals surface area contributed by atoms with Gasteiger partial charge in [-0.3, -0.25) is 19.2 Å². The number of amides is 2. The molecule has 0 radical (unpaired) electrons. The minimum atomic E-state index is -0.947. The number of rotatable bonds is 6. The van der Waals surface area contributed by atoms with Crippen LogP contribution in [-0.4, -0.2) is 67.4 Å². The van der Waals surface area contributed by atoms with E-state index in [0.29, 0.717) is 57.7 Å². The van der Waals surface area contributed by atoms with Gasteiger partial charge in [0, 0.05) is 44.2 Å². The number of benzene rings is 1. The van der Waals surface area contributed by atoms with Crippen molar-refractivity contribution >= 4 is 29.3 Å². The van der Waals surface area contributed by atoms with Crippen LogP contribution in [0.2, 0.25) is 0 Å². The summed E-state index contributed by atoms with van der Waals surface area (Å²) in [5.41, 5.74) is 1.38. The SMILES string of the molecule is CC(=O)N1CCc2cc(C(=O)C(C)OC(=O)C3(CC(=O)N4CCOCC4)CCCC3)ccc21. The van der Waals surface area contributed by atoms with Gasteiger partial charge in [0.15, 0.2) is 6.10 Å². The van der Waals surface area contributed by atoms with Crippen LogP contribution < -0.4 is 4.90 Å². The Morgan fingerprint density at radius 2 is 1.79 bits per heavy atom. The molecule has 2 heterocycles. The zero-order chi connectivity index (χ0) is 23.6. The Balaban J connectivity index is 1.42. The molecule has 1 saturated heterocycles. The molecule has 0 N–H and O–H groups in total. The largest absolute Gasteiger partial charge is 0.454 e. The van der Waals surface area contributed by atoms with Crippen LogP contribution in [0.25, 0.3) is 0 Å². The lowest BCUT2D eigenvalue weighted by molar-refractivity contribution is -0.162. The summed E-state index contributed by atoms with van der Waals surface area (Å²) in [5, 5.41) is 0. The summed E-state index contributed by atoms with van der Waals surface area (Å²) in [6.07, 6.45) is 2.79. The van der Waals surface area contributed by atoms with E-state index in [2.05, 4.69) is 0 Å².